The second-order valence-electron chi connectivity index (χ2n) is 3.08. The lowest BCUT2D eigenvalue weighted by atomic mass is 10.2. The van der Waals surface area contributed by atoms with E-state index in [4.69, 9.17) is 10.2 Å². The molecule has 0 unspecified atom stereocenters. The third-order valence-electron chi connectivity index (χ3n) is 1.93. The van der Waals surface area contributed by atoms with E-state index in [-0.39, 0.29) is 12.2 Å². The SMILES string of the molecule is O=C(O)c1cnn(CCCCCO)c1. The number of aliphatic hydroxyl groups is 1. The molecule has 1 heterocycles. The molecule has 0 saturated heterocycles. The topological polar surface area (TPSA) is 75.3 Å². The second-order valence-corrected chi connectivity index (χ2v) is 3.08. The first-order valence-corrected chi connectivity index (χ1v) is 4.60. The minimum Gasteiger partial charge on any atom is -0.478 e. The van der Waals surface area contributed by atoms with Crippen LogP contribution < -0.4 is 0 Å². The predicted molar refractivity (Wildman–Crippen MR) is 50.1 cm³/mol. The van der Waals surface area contributed by atoms with E-state index >= 15 is 0 Å². The summed E-state index contributed by atoms with van der Waals surface area (Å²) in [6.07, 6.45) is 5.47. The highest BCUT2D eigenvalue weighted by Gasteiger charge is 2.04. The van der Waals surface area contributed by atoms with Crippen molar-refractivity contribution in [2.24, 2.45) is 0 Å². The van der Waals surface area contributed by atoms with E-state index in [2.05, 4.69) is 5.10 Å². The van der Waals surface area contributed by atoms with Crippen LogP contribution in [0.4, 0.5) is 0 Å². The lowest BCUT2D eigenvalue weighted by molar-refractivity contribution is 0.0697. The molecular formula is C9H14N2O3. The van der Waals surface area contributed by atoms with Crippen LogP contribution >= 0.6 is 0 Å². The van der Waals surface area contributed by atoms with Gasteiger partial charge in [0.2, 0.25) is 0 Å². The summed E-state index contributed by atoms with van der Waals surface area (Å²) in [5.41, 5.74) is 0.215. The quantitative estimate of drug-likeness (QED) is 0.661. The van der Waals surface area contributed by atoms with Crippen LogP contribution in [0.2, 0.25) is 0 Å². The molecule has 2 N–H and O–H groups in total. The summed E-state index contributed by atoms with van der Waals surface area (Å²) in [7, 11) is 0. The Bertz CT molecular complexity index is 296. The molecule has 0 atom stereocenters. The van der Waals surface area contributed by atoms with Crippen molar-refractivity contribution in [3.05, 3.63) is 18.0 Å². The van der Waals surface area contributed by atoms with Gasteiger partial charge in [0.25, 0.3) is 0 Å². The number of hydrogen-bond donors (Lipinski definition) is 2. The molecular weight excluding hydrogens is 184 g/mol. The first kappa shape index (κ1) is 10.7. The van der Waals surface area contributed by atoms with E-state index < -0.39 is 5.97 Å². The van der Waals surface area contributed by atoms with Crippen LogP contribution in [0.15, 0.2) is 12.4 Å². The molecule has 0 aromatic carbocycles. The van der Waals surface area contributed by atoms with Crippen LogP contribution in [0.3, 0.4) is 0 Å². The molecule has 0 bridgehead atoms. The zero-order valence-electron chi connectivity index (χ0n) is 7.89. The molecule has 1 aromatic rings. The molecule has 0 amide bonds. The highest BCUT2D eigenvalue weighted by molar-refractivity contribution is 5.86. The molecule has 14 heavy (non-hydrogen) atoms. The van der Waals surface area contributed by atoms with Gasteiger partial charge in [-0.25, -0.2) is 4.79 Å². The van der Waals surface area contributed by atoms with Crippen molar-refractivity contribution in [3.63, 3.8) is 0 Å². The molecule has 0 aliphatic rings. The Hall–Kier alpha value is -1.36. The maximum atomic E-state index is 10.5. The molecule has 5 nitrogen and oxygen atoms in total. The molecule has 0 aliphatic carbocycles. The molecule has 5 heteroatoms. The molecule has 1 aromatic heterocycles. The van der Waals surface area contributed by atoms with Gasteiger partial charge in [0.15, 0.2) is 0 Å². The van der Waals surface area contributed by atoms with Gasteiger partial charge < -0.3 is 10.2 Å². The Morgan fingerprint density at radius 2 is 2.21 bits per heavy atom. The first-order chi connectivity index (χ1) is 6.74. The monoisotopic (exact) mass is 198 g/mol. The van der Waals surface area contributed by atoms with Gasteiger partial charge in [0.1, 0.15) is 0 Å². The van der Waals surface area contributed by atoms with Crippen LogP contribution in [0.25, 0.3) is 0 Å². The van der Waals surface area contributed by atoms with Crippen molar-refractivity contribution < 1.29 is 15.0 Å². The predicted octanol–water partition coefficient (Wildman–Crippen LogP) is 0.744. The smallest absolute Gasteiger partial charge is 0.338 e. The van der Waals surface area contributed by atoms with Crippen molar-refractivity contribution in [2.45, 2.75) is 25.8 Å². The number of rotatable bonds is 6. The maximum Gasteiger partial charge on any atom is 0.338 e. The maximum absolute atomic E-state index is 10.5. The average Bonchev–Trinajstić information content (AvgIpc) is 2.61. The number of carboxylic acid groups (broad SMARTS) is 1. The van der Waals surface area contributed by atoms with Crippen LogP contribution in [-0.2, 0) is 6.54 Å². The number of aromatic nitrogens is 2. The molecule has 0 saturated carbocycles. The van der Waals surface area contributed by atoms with Crippen LogP contribution in [0.5, 0.6) is 0 Å². The summed E-state index contributed by atoms with van der Waals surface area (Å²) in [4.78, 5) is 10.5. The van der Waals surface area contributed by atoms with E-state index in [1.165, 1.54) is 12.4 Å². The van der Waals surface area contributed by atoms with Gasteiger partial charge >= 0.3 is 5.97 Å². The number of carboxylic acids is 1. The molecule has 0 fully saturated rings. The number of aliphatic hydroxyl groups excluding tert-OH is 1. The third-order valence-corrected chi connectivity index (χ3v) is 1.93. The molecule has 1 rings (SSSR count). The summed E-state index contributed by atoms with van der Waals surface area (Å²) in [6.45, 7) is 0.909. The van der Waals surface area contributed by atoms with E-state index in [1.807, 2.05) is 0 Å². The van der Waals surface area contributed by atoms with Crippen molar-refractivity contribution in [1.82, 2.24) is 9.78 Å². The van der Waals surface area contributed by atoms with Gasteiger partial charge in [-0.3, -0.25) is 4.68 Å². The Morgan fingerprint density at radius 1 is 1.43 bits per heavy atom. The summed E-state index contributed by atoms with van der Waals surface area (Å²) < 4.78 is 1.61. The summed E-state index contributed by atoms with van der Waals surface area (Å²) in [5.74, 6) is -0.952. The van der Waals surface area contributed by atoms with Gasteiger partial charge in [0.05, 0.1) is 11.8 Å². The summed E-state index contributed by atoms with van der Waals surface area (Å²) in [5, 5.41) is 21.1. The fourth-order valence-corrected chi connectivity index (χ4v) is 1.16. The molecule has 0 aliphatic heterocycles. The number of carbonyl (C=O) groups is 1. The van der Waals surface area contributed by atoms with Gasteiger partial charge in [-0.05, 0) is 19.3 Å². The van der Waals surface area contributed by atoms with E-state index in [9.17, 15) is 4.79 Å². The van der Waals surface area contributed by atoms with Crippen LogP contribution in [0.1, 0.15) is 29.6 Å². The van der Waals surface area contributed by atoms with Gasteiger partial charge in [-0.15, -0.1) is 0 Å². The fraction of sp³-hybridized carbons (Fsp3) is 0.556. The second kappa shape index (κ2) is 5.39. The summed E-state index contributed by atoms with van der Waals surface area (Å²) >= 11 is 0. The zero-order valence-corrected chi connectivity index (χ0v) is 7.89. The minimum absolute atomic E-state index is 0.208. The Balaban J connectivity index is 2.33. The first-order valence-electron chi connectivity index (χ1n) is 4.60. The van der Waals surface area contributed by atoms with Gasteiger partial charge in [-0.2, -0.15) is 5.10 Å². The Kier molecular flexibility index (Phi) is 4.12. The molecule has 0 radical (unpaired) electrons. The zero-order chi connectivity index (χ0) is 10.4. The fourth-order valence-electron chi connectivity index (χ4n) is 1.16. The number of nitrogens with zero attached hydrogens (tertiary/aromatic N) is 2. The lowest BCUT2D eigenvalue weighted by Crippen LogP contribution is -1.99. The molecule has 78 valence electrons. The summed E-state index contributed by atoms with van der Waals surface area (Å²) in [6, 6.07) is 0. The van der Waals surface area contributed by atoms with E-state index in [0.29, 0.717) is 6.54 Å². The van der Waals surface area contributed by atoms with Crippen LogP contribution in [0, 0.1) is 0 Å². The number of hydrogen-bond acceptors (Lipinski definition) is 3. The minimum atomic E-state index is -0.952. The van der Waals surface area contributed by atoms with Crippen LogP contribution in [-0.4, -0.2) is 32.6 Å². The van der Waals surface area contributed by atoms with Crippen molar-refractivity contribution >= 4 is 5.97 Å². The van der Waals surface area contributed by atoms with Gasteiger partial charge in [0, 0.05) is 19.3 Å². The number of unbranched alkanes of at least 4 members (excludes halogenated alkanes) is 2. The highest BCUT2D eigenvalue weighted by Crippen LogP contribution is 2.01. The number of aromatic carboxylic acids is 1. The number of aryl methyl sites for hydroxylation is 1. The van der Waals surface area contributed by atoms with Gasteiger partial charge in [-0.1, -0.05) is 0 Å². The largest absolute Gasteiger partial charge is 0.478 e. The molecule has 0 spiro atoms. The van der Waals surface area contributed by atoms with Crippen molar-refractivity contribution in [3.8, 4) is 0 Å². The highest BCUT2D eigenvalue weighted by atomic mass is 16.4. The van der Waals surface area contributed by atoms with Crippen molar-refractivity contribution in [2.75, 3.05) is 6.61 Å². The van der Waals surface area contributed by atoms with E-state index in [1.54, 1.807) is 4.68 Å². The Morgan fingerprint density at radius 3 is 2.79 bits per heavy atom. The average molecular weight is 198 g/mol. The van der Waals surface area contributed by atoms with Crippen molar-refractivity contribution in [1.29, 1.82) is 0 Å². The lowest BCUT2D eigenvalue weighted by Gasteiger charge is -1.99. The third kappa shape index (κ3) is 3.18. The normalized spacial score (nSPS) is 10.4. The Labute approximate surface area is 82.0 Å². The standard InChI is InChI=1S/C9H14N2O3/c12-5-3-1-2-4-11-7-8(6-10-11)9(13)14/h6-7,12H,1-5H2,(H,13,14). The van der Waals surface area contributed by atoms with E-state index in [0.717, 1.165) is 19.3 Å².